The standard InChI is InChI=1S/C12H12N4O5S/c1-20-7-3-6(17)4-8(21-2)10(7)11-13-12(15-14-11)22-5-9(18)16-19/h3-4,17H,5H2,1-2H3,(H,13,14,15). The van der Waals surface area contributed by atoms with Crippen LogP contribution in [0.25, 0.3) is 11.4 Å². The number of rotatable bonds is 6. The van der Waals surface area contributed by atoms with Crippen molar-refractivity contribution in [3.05, 3.63) is 17.0 Å². The van der Waals surface area contributed by atoms with Crippen LogP contribution in [0.1, 0.15) is 0 Å². The third kappa shape index (κ3) is 3.34. The maximum Gasteiger partial charge on any atom is 0.296 e. The third-order valence-electron chi connectivity index (χ3n) is 2.62. The summed E-state index contributed by atoms with van der Waals surface area (Å²) >= 11 is 0.971. The fourth-order valence-corrected chi connectivity index (χ4v) is 2.28. The number of thioether (sulfide) groups is 1. The van der Waals surface area contributed by atoms with Crippen molar-refractivity contribution in [2.45, 2.75) is 5.16 Å². The molecule has 116 valence electrons. The van der Waals surface area contributed by atoms with E-state index in [2.05, 4.69) is 20.4 Å². The molecule has 0 aliphatic rings. The van der Waals surface area contributed by atoms with E-state index in [9.17, 15) is 14.8 Å². The molecule has 0 spiro atoms. The highest BCUT2D eigenvalue weighted by molar-refractivity contribution is 7.99. The van der Waals surface area contributed by atoms with E-state index >= 15 is 0 Å². The van der Waals surface area contributed by atoms with Crippen LogP contribution in [0, 0.1) is 4.91 Å². The second kappa shape index (κ2) is 6.89. The molecule has 10 heteroatoms. The number of ether oxygens (including phenoxy) is 2. The average molecular weight is 324 g/mol. The van der Waals surface area contributed by atoms with E-state index in [0.29, 0.717) is 22.9 Å². The maximum absolute atomic E-state index is 10.9. The zero-order chi connectivity index (χ0) is 16.1. The number of carbonyl (C=O) groups is 1. The Hall–Kier alpha value is -2.62. The molecule has 0 radical (unpaired) electrons. The molecule has 0 saturated heterocycles. The summed E-state index contributed by atoms with van der Waals surface area (Å²) in [6, 6.07) is 2.82. The summed E-state index contributed by atoms with van der Waals surface area (Å²) in [6.07, 6.45) is 0. The van der Waals surface area contributed by atoms with Crippen LogP contribution in [-0.2, 0) is 4.79 Å². The van der Waals surface area contributed by atoms with Gasteiger partial charge in [-0.3, -0.25) is 9.89 Å². The van der Waals surface area contributed by atoms with Gasteiger partial charge in [-0.25, -0.2) is 4.98 Å². The fourth-order valence-electron chi connectivity index (χ4n) is 1.71. The number of benzene rings is 1. The Morgan fingerprint density at radius 2 is 2.00 bits per heavy atom. The Morgan fingerprint density at radius 1 is 1.36 bits per heavy atom. The Labute approximate surface area is 129 Å². The van der Waals surface area contributed by atoms with Gasteiger partial charge in [0.25, 0.3) is 5.91 Å². The summed E-state index contributed by atoms with van der Waals surface area (Å²) in [5.41, 5.74) is 0.474. The third-order valence-corrected chi connectivity index (χ3v) is 3.45. The van der Waals surface area contributed by atoms with Gasteiger partial charge in [-0.15, -0.1) is 10.0 Å². The van der Waals surface area contributed by atoms with Gasteiger partial charge in [-0.1, -0.05) is 11.8 Å². The van der Waals surface area contributed by atoms with Gasteiger partial charge in [-0.2, -0.15) is 0 Å². The van der Waals surface area contributed by atoms with Gasteiger partial charge in [0.05, 0.1) is 20.0 Å². The Balaban J connectivity index is 2.34. The van der Waals surface area contributed by atoms with Crippen LogP contribution in [-0.4, -0.2) is 46.2 Å². The van der Waals surface area contributed by atoms with E-state index < -0.39 is 5.91 Å². The molecule has 0 atom stereocenters. The summed E-state index contributed by atoms with van der Waals surface area (Å²) in [6.45, 7) is 0. The molecule has 0 unspecified atom stereocenters. The van der Waals surface area contributed by atoms with Gasteiger partial charge in [0.15, 0.2) is 5.82 Å². The minimum atomic E-state index is -0.795. The number of aromatic nitrogens is 3. The largest absolute Gasteiger partial charge is 0.508 e. The molecular formula is C12H12N4O5S. The first-order valence-electron chi connectivity index (χ1n) is 5.95. The van der Waals surface area contributed by atoms with Crippen molar-refractivity contribution in [3.63, 3.8) is 0 Å². The summed E-state index contributed by atoms with van der Waals surface area (Å²) in [5, 5.41) is 18.8. The topological polar surface area (TPSA) is 127 Å². The molecule has 1 amide bonds. The van der Waals surface area contributed by atoms with Gasteiger partial charge < -0.3 is 14.6 Å². The first-order chi connectivity index (χ1) is 10.6. The number of aromatic amines is 1. The summed E-state index contributed by atoms with van der Waals surface area (Å²) < 4.78 is 10.4. The fraction of sp³-hybridized carbons (Fsp3) is 0.250. The van der Waals surface area contributed by atoms with Crippen LogP contribution in [0.3, 0.4) is 0 Å². The number of phenols is 1. The molecule has 1 aromatic heterocycles. The molecule has 0 bridgehead atoms. The van der Waals surface area contributed by atoms with E-state index in [-0.39, 0.29) is 16.7 Å². The van der Waals surface area contributed by atoms with E-state index in [1.165, 1.54) is 26.4 Å². The molecule has 0 aliphatic heterocycles. The minimum absolute atomic E-state index is 0.0192. The van der Waals surface area contributed by atoms with Crippen molar-refractivity contribution in [3.8, 4) is 28.6 Å². The van der Waals surface area contributed by atoms with Crippen molar-refractivity contribution in [2.24, 2.45) is 5.18 Å². The number of nitrogens with zero attached hydrogens (tertiary/aromatic N) is 3. The number of carbonyl (C=O) groups excluding carboxylic acids is 1. The van der Waals surface area contributed by atoms with Crippen LogP contribution >= 0.6 is 11.8 Å². The smallest absolute Gasteiger partial charge is 0.296 e. The van der Waals surface area contributed by atoms with Gasteiger partial charge in [0, 0.05) is 17.3 Å². The van der Waals surface area contributed by atoms with Crippen LogP contribution in [0.2, 0.25) is 0 Å². The lowest BCUT2D eigenvalue weighted by atomic mass is 10.1. The van der Waals surface area contributed by atoms with Crippen LogP contribution in [0.5, 0.6) is 17.2 Å². The number of aromatic hydroxyl groups is 1. The number of methoxy groups -OCH3 is 2. The molecule has 2 rings (SSSR count). The molecule has 0 aliphatic carbocycles. The van der Waals surface area contributed by atoms with E-state index in [0.717, 1.165) is 11.8 Å². The normalized spacial score (nSPS) is 10.3. The number of nitrogens with one attached hydrogen (secondary N) is 1. The second-order valence-electron chi connectivity index (χ2n) is 3.97. The van der Waals surface area contributed by atoms with Gasteiger partial charge in [0.2, 0.25) is 5.16 Å². The molecule has 9 nitrogen and oxygen atoms in total. The quantitative estimate of drug-likeness (QED) is 0.605. The highest BCUT2D eigenvalue weighted by Gasteiger charge is 2.19. The Bertz CT molecular complexity index is 678. The van der Waals surface area contributed by atoms with Crippen molar-refractivity contribution >= 4 is 17.7 Å². The van der Waals surface area contributed by atoms with Crippen molar-refractivity contribution in [2.75, 3.05) is 20.0 Å². The lowest BCUT2D eigenvalue weighted by molar-refractivity contribution is -0.115. The lowest BCUT2D eigenvalue weighted by Gasteiger charge is -2.11. The number of H-pyrrole nitrogens is 1. The highest BCUT2D eigenvalue weighted by atomic mass is 32.2. The van der Waals surface area contributed by atoms with Crippen molar-refractivity contribution in [1.29, 1.82) is 0 Å². The number of amides is 1. The van der Waals surface area contributed by atoms with Crippen molar-refractivity contribution in [1.82, 2.24) is 15.2 Å². The molecule has 1 aromatic carbocycles. The summed E-state index contributed by atoms with van der Waals surface area (Å²) in [5.74, 6) is 0.0587. The predicted molar refractivity (Wildman–Crippen MR) is 78.1 cm³/mol. The molecule has 0 saturated carbocycles. The zero-order valence-electron chi connectivity index (χ0n) is 11.7. The number of hydrogen-bond acceptors (Lipinski definition) is 8. The highest BCUT2D eigenvalue weighted by Crippen LogP contribution is 2.40. The SMILES string of the molecule is COc1cc(O)cc(OC)c1-c1nc(SCC(=O)N=O)n[nH]1. The minimum Gasteiger partial charge on any atom is -0.508 e. The van der Waals surface area contributed by atoms with Crippen LogP contribution < -0.4 is 9.47 Å². The van der Waals surface area contributed by atoms with E-state index in [4.69, 9.17) is 9.47 Å². The molecular weight excluding hydrogens is 312 g/mol. The second-order valence-corrected chi connectivity index (χ2v) is 4.91. The van der Waals surface area contributed by atoms with Crippen LogP contribution in [0.15, 0.2) is 22.5 Å². The number of hydrogen-bond donors (Lipinski definition) is 2. The molecule has 2 aromatic rings. The monoisotopic (exact) mass is 324 g/mol. The van der Waals surface area contributed by atoms with E-state index in [1.54, 1.807) is 0 Å². The van der Waals surface area contributed by atoms with Crippen LogP contribution in [0.4, 0.5) is 0 Å². The van der Waals surface area contributed by atoms with Gasteiger partial charge in [0.1, 0.15) is 22.8 Å². The Morgan fingerprint density at radius 3 is 2.55 bits per heavy atom. The van der Waals surface area contributed by atoms with Crippen molar-refractivity contribution < 1.29 is 19.4 Å². The zero-order valence-corrected chi connectivity index (χ0v) is 12.5. The molecule has 1 heterocycles. The van der Waals surface area contributed by atoms with Gasteiger partial charge in [-0.05, 0) is 0 Å². The Kier molecular flexibility index (Phi) is 4.94. The lowest BCUT2D eigenvalue weighted by Crippen LogP contribution is -1.95. The maximum atomic E-state index is 10.9. The molecule has 22 heavy (non-hydrogen) atoms. The molecule has 2 N–H and O–H groups in total. The number of phenolic OH excluding ortho intramolecular Hbond substituents is 1. The first-order valence-corrected chi connectivity index (χ1v) is 6.94. The predicted octanol–water partition coefficient (Wildman–Crippen LogP) is 1.58. The summed E-state index contributed by atoms with van der Waals surface area (Å²) in [7, 11) is 2.89. The average Bonchev–Trinajstić information content (AvgIpc) is 2.99. The van der Waals surface area contributed by atoms with Gasteiger partial charge >= 0.3 is 0 Å². The van der Waals surface area contributed by atoms with E-state index in [1.807, 2.05) is 0 Å². The first kappa shape index (κ1) is 15.8. The number of nitroso groups, excluding NO2 is 1. The summed E-state index contributed by atoms with van der Waals surface area (Å²) in [4.78, 5) is 25.1. The molecule has 0 fully saturated rings.